The van der Waals surface area contributed by atoms with Crippen molar-refractivity contribution in [1.82, 2.24) is 29.5 Å². The zero-order valence-corrected chi connectivity index (χ0v) is 16.1. The number of aromatic nitrogens is 5. The third kappa shape index (κ3) is 2.72. The molecule has 4 aromatic rings. The van der Waals surface area contributed by atoms with E-state index in [4.69, 9.17) is 4.98 Å². The van der Waals surface area contributed by atoms with Gasteiger partial charge in [0.1, 0.15) is 23.2 Å². The maximum atomic E-state index is 13.6. The number of pyridine rings is 1. The lowest BCUT2D eigenvalue weighted by molar-refractivity contribution is 0.0826. The molecule has 0 spiro atoms. The molecule has 0 bridgehead atoms. The SMILES string of the molecule is CNc1cc(-c2cn(C)c3ncccc23)nc2c(C(=O)N[C@H]3CC[C@@H]3F)cnn12. The van der Waals surface area contributed by atoms with Crippen molar-refractivity contribution in [1.29, 1.82) is 0 Å². The number of rotatable bonds is 4. The predicted molar refractivity (Wildman–Crippen MR) is 108 cm³/mol. The van der Waals surface area contributed by atoms with Crippen LogP contribution in [0.25, 0.3) is 27.9 Å². The summed E-state index contributed by atoms with van der Waals surface area (Å²) in [4.78, 5) is 21.9. The van der Waals surface area contributed by atoms with Crippen molar-refractivity contribution >= 4 is 28.4 Å². The molecule has 1 fully saturated rings. The largest absolute Gasteiger partial charge is 0.373 e. The first-order chi connectivity index (χ1) is 14.1. The van der Waals surface area contributed by atoms with Gasteiger partial charge < -0.3 is 15.2 Å². The zero-order valence-electron chi connectivity index (χ0n) is 16.1. The molecule has 0 radical (unpaired) electrons. The van der Waals surface area contributed by atoms with E-state index >= 15 is 0 Å². The van der Waals surface area contributed by atoms with Crippen LogP contribution in [0.15, 0.2) is 36.8 Å². The summed E-state index contributed by atoms with van der Waals surface area (Å²) in [6.45, 7) is 0. The van der Waals surface area contributed by atoms with Crippen molar-refractivity contribution in [2.75, 3.05) is 12.4 Å². The zero-order chi connectivity index (χ0) is 20.1. The molecule has 1 saturated carbocycles. The van der Waals surface area contributed by atoms with Gasteiger partial charge in [-0.25, -0.2) is 14.4 Å². The average Bonchev–Trinajstić information content (AvgIpc) is 3.31. The molecule has 148 valence electrons. The van der Waals surface area contributed by atoms with Crippen molar-refractivity contribution in [2.45, 2.75) is 25.1 Å². The highest BCUT2D eigenvalue weighted by Crippen LogP contribution is 2.30. The van der Waals surface area contributed by atoms with Gasteiger partial charge in [-0.05, 0) is 25.0 Å². The van der Waals surface area contributed by atoms with Gasteiger partial charge in [0.15, 0.2) is 5.65 Å². The molecule has 2 N–H and O–H groups in total. The highest BCUT2D eigenvalue weighted by Gasteiger charge is 2.33. The van der Waals surface area contributed by atoms with Gasteiger partial charge in [0.2, 0.25) is 0 Å². The number of carbonyl (C=O) groups is 1. The number of anilines is 1. The van der Waals surface area contributed by atoms with E-state index in [1.807, 2.05) is 36.0 Å². The number of hydrogen-bond acceptors (Lipinski definition) is 5. The number of alkyl halides is 1. The van der Waals surface area contributed by atoms with Gasteiger partial charge in [-0.1, -0.05) is 0 Å². The van der Waals surface area contributed by atoms with Gasteiger partial charge in [-0.15, -0.1) is 0 Å². The Labute approximate surface area is 165 Å². The van der Waals surface area contributed by atoms with Crippen LogP contribution in [0.4, 0.5) is 10.2 Å². The summed E-state index contributed by atoms with van der Waals surface area (Å²) >= 11 is 0. The second-order valence-corrected chi connectivity index (χ2v) is 7.27. The Morgan fingerprint density at radius 3 is 2.90 bits per heavy atom. The molecule has 4 aromatic heterocycles. The minimum atomic E-state index is -0.986. The topological polar surface area (TPSA) is 89.1 Å². The summed E-state index contributed by atoms with van der Waals surface area (Å²) in [7, 11) is 3.72. The van der Waals surface area contributed by atoms with Gasteiger partial charge in [0.25, 0.3) is 5.91 Å². The Bertz CT molecular complexity index is 1240. The molecule has 2 atom stereocenters. The Hall–Kier alpha value is -3.49. The molecule has 0 saturated heterocycles. The number of hydrogen-bond donors (Lipinski definition) is 2. The maximum Gasteiger partial charge on any atom is 0.257 e. The summed E-state index contributed by atoms with van der Waals surface area (Å²) in [6, 6.07) is 5.32. The third-order valence-corrected chi connectivity index (χ3v) is 5.49. The van der Waals surface area contributed by atoms with Crippen LogP contribution < -0.4 is 10.6 Å². The fourth-order valence-corrected chi connectivity index (χ4v) is 3.72. The second-order valence-electron chi connectivity index (χ2n) is 7.27. The van der Waals surface area contributed by atoms with Gasteiger partial charge in [-0.3, -0.25) is 4.79 Å². The second kappa shape index (κ2) is 6.54. The Balaban J connectivity index is 1.64. The first kappa shape index (κ1) is 17.6. The van der Waals surface area contributed by atoms with E-state index in [2.05, 4.69) is 20.7 Å². The number of amides is 1. The van der Waals surface area contributed by atoms with Crippen molar-refractivity contribution < 1.29 is 9.18 Å². The number of aryl methyl sites for hydroxylation is 1. The fourth-order valence-electron chi connectivity index (χ4n) is 3.72. The van der Waals surface area contributed by atoms with Crippen LogP contribution in [-0.2, 0) is 7.05 Å². The van der Waals surface area contributed by atoms with E-state index in [1.54, 1.807) is 17.8 Å². The number of fused-ring (bicyclic) bond motifs is 2. The van der Waals surface area contributed by atoms with Gasteiger partial charge >= 0.3 is 0 Å². The minimum absolute atomic E-state index is 0.320. The van der Waals surface area contributed by atoms with E-state index in [1.165, 1.54) is 6.20 Å². The van der Waals surface area contributed by atoms with Crippen LogP contribution in [0, 0.1) is 0 Å². The van der Waals surface area contributed by atoms with E-state index in [9.17, 15) is 9.18 Å². The standard InChI is InChI=1S/C20H20FN7O/c1-22-17-8-16(13-10-27(2)18-11(13)4-3-7-23-18)25-19-12(9-24-28(17)19)20(29)26-15-6-5-14(15)21/h3-4,7-10,14-15,22H,5-6H2,1-2H3,(H,26,29)/t14-,15-/m0/s1. The highest BCUT2D eigenvalue weighted by molar-refractivity contribution is 6.01. The number of carbonyl (C=O) groups excluding carboxylic acids is 1. The maximum absolute atomic E-state index is 13.6. The van der Waals surface area contributed by atoms with Crippen molar-refractivity contribution in [3.05, 3.63) is 42.4 Å². The van der Waals surface area contributed by atoms with Gasteiger partial charge in [-0.2, -0.15) is 9.61 Å². The Morgan fingerprint density at radius 1 is 1.31 bits per heavy atom. The summed E-state index contributed by atoms with van der Waals surface area (Å²) in [5, 5.41) is 11.1. The average molecular weight is 393 g/mol. The molecule has 8 nitrogen and oxygen atoms in total. The molecule has 0 aliphatic heterocycles. The van der Waals surface area contributed by atoms with Crippen molar-refractivity contribution in [3.63, 3.8) is 0 Å². The van der Waals surface area contributed by atoms with Crippen LogP contribution in [0.3, 0.4) is 0 Å². The lowest BCUT2D eigenvalue weighted by Crippen LogP contribution is -2.48. The van der Waals surface area contributed by atoms with Crippen LogP contribution in [0.1, 0.15) is 23.2 Å². The lowest BCUT2D eigenvalue weighted by Gasteiger charge is -2.30. The Kier molecular flexibility index (Phi) is 3.97. The number of nitrogens with one attached hydrogen (secondary N) is 2. The van der Waals surface area contributed by atoms with Gasteiger partial charge in [0.05, 0.1) is 17.9 Å². The molecule has 29 heavy (non-hydrogen) atoms. The summed E-state index contributed by atoms with van der Waals surface area (Å²) in [5.74, 6) is 0.329. The number of halogens is 1. The monoisotopic (exact) mass is 393 g/mol. The molecule has 1 amide bonds. The fraction of sp³-hybridized carbons (Fsp3) is 0.300. The predicted octanol–water partition coefficient (Wildman–Crippen LogP) is 2.56. The van der Waals surface area contributed by atoms with E-state index < -0.39 is 12.2 Å². The minimum Gasteiger partial charge on any atom is -0.373 e. The molecule has 0 aromatic carbocycles. The van der Waals surface area contributed by atoms with Crippen LogP contribution in [-0.4, -0.2) is 49.3 Å². The highest BCUT2D eigenvalue weighted by atomic mass is 19.1. The first-order valence-electron chi connectivity index (χ1n) is 9.48. The van der Waals surface area contributed by atoms with Crippen molar-refractivity contribution in [3.8, 4) is 11.3 Å². The van der Waals surface area contributed by atoms with Gasteiger partial charge in [0, 0.05) is 43.5 Å². The summed E-state index contributed by atoms with van der Waals surface area (Å²) in [5.41, 5.74) is 3.19. The van der Waals surface area contributed by atoms with Crippen LogP contribution >= 0.6 is 0 Å². The molecule has 1 aliphatic carbocycles. The molecule has 1 aliphatic rings. The normalized spacial score (nSPS) is 18.7. The third-order valence-electron chi connectivity index (χ3n) is 5.49. The molecule has 9 heteroatoms. The van der Waals surface area contributed by atoms with E-state index in [0.29, 0.717) is 35.6 Å². The molecule has 5 rings (SSSR count). The number of nitrogens with zero attached hydrogens (tertiary/aromatic N) is 5. The van der Waals surface area contributed by atoms with E-state index in [-0.39, 0.29) is 5.91 Å². The summed E-state index contributed by atoms with van der Waals surface area (Å²) in [6.07, 6.45) is 5.34. The molecular formula is C20H20FN7O. The lowest BCUT2D eigenvalue weighted by atomic mass is 9.90. The van der Waals surface area contributed by atoms with Crippen LogP contribution in [0.2, 0.25) is 0 Å². The molecular weight excluding hydrogens is 373 g/mol. The smallest absolute Gasteiger partial charge is 0.257 e. The molecule has 0 unspecified atom stereocenters. The van der Waals surface area contributed by atoms with Crippen LogP contribution in [0.5, 0.6) is 0 Å². The molecule has 4 heterocycles. The summed E-state index contributed by atoms with van der Waals surface area (Å²) < 4.78 is 17.1. The quantitative estimate of drug-likeness (QED) is 0.556. The van der Waals surface area contributed by atoms with E-state index in [0.717, 1.165) is 16.6 Å². The van der Waals surface area contributed by atoms with Crippen molar-refractivity contribution in [2.24, 2.45) is 7.05 Å². The first-order valence-corrected chi connectivity index (χ1v) is 9.48. The Morgan fingerprint density at radius 2 is 2.17 bits per heavy atom.